The number of likely N-dealkylation sites (tertiary alicyclic amines) is 1. The van der Waals surface area contributed by atoms with Gasteiger partial charge in [-0.2, -0.15) is 0 Å². The van der Waals surface area contributed by atoms with Gasteiger partial charge in [0.05, 0.1) is 6.54 Å². The number of nitrogens with one attached hydrogen (secondary N) is 1. The summed E-state index contributed by atoms with van der Waals surface area (Å²) >= 11 is 0. The molecule has 2 heterocycles. The lowest BCUT2D eigenvalue weighted by Crippen LogP contribution is -2.42. The Kier molecular flexibility index (Phi) is 6.83. The Morgan fingerprint density at radius 3 is 2.47 bits per heavy atom. The fourth-order valence-electron chi connectivity index (χ4n) is 3.44. The predicted molar refractivity (Wildman–Crippen MR) is 116 cm³/mol. The highest BCUT2D eigenvalue weighted by molar-refractivity contribution is 5.93. The van der Waals surface area contributed by atoms with Crippen molar-refractivity contribution in [2.45, 2.75) is 45.3 Å². The van der Waals surface area contributed by atoms with E-state index in [2.05, 4.69) is 17.2 Å². The highest BCUT2D eigenvalue weighted by Crippen LogP contribution is 2.25. The summed E-state index contributed by atoms with van der Waals surface area (Å²) < 4.78 is 7.46. The van der Waals surface area contributed by atoms with Gasteiger partial charge in [0.1, 0.15) is 11.3 Å². The number of aromatic nitrogens is 1. The molecule has 6 nitrogen and oxygen atoms in total. The average molecular weight is 408 g/mol. The first kappa shape index (κ1) is 21.5. The summed E-state index contributed by atoms with van der Waals surface area (Å²) in [5.41, 5.74) is 1.04. The molecule has 1 aromatic heterocycles. The van der Waals surface area contributed by atoms with Gasteiger partial charge in [-0.3, -0.25) is 4.79 Å². The first-order chi connectivity index (χ1) is 14.3. The smallest absolute Gasteiger partial charge is 0.410 e. The van der Waals surface area contributed by atoms with Crippen molar-refractivity contribution >= 4 is 12.0 Å². The van der Waals surface area contributed by atoms with E-state index in [-0.39, 0.29) is 24.6 Å². The van der Waals surface area contributed by atoms with Crippen LogP contribution in [0.25, 0.3) is 0 Å². The minimum atomic E-state index is -0.497. The van der Waals surface area contributed by atoms with Gasteiger partial charge >= 0.3 is 6.09 Å². The van der Waals surface area contributed by atoms with E-state index in [0.717, 1.165) is 18.4 Å². The van der Waals surface area contributed by atoms with E-state index in [1.54, 1.807) is 4.90 Å². The van der Waals surface area contributed by atoms with Gasteiger partial charge in [0.25, 0.3) is 5.91 Å². The first-order valence-corrected chi connectivity index (χ1v) is 10.3. The van der Waals surface area contributed by atoms with E-state index in [0.29, 0.717) is 18.8 Å². The zero-order valence-electron chi connectivity index (χ0n) is 17.9. The number of amides is 2. The van der Waals surface area contributed by atoms with Gasteiger partial charge in [-0.25, -0.2) is 4.79 Å². The average Bonchev–Trinajstić information content (AvgIpc) is 3.21. The normalized spacial score (nSPS) is 14.6. The molecule has 1 aliphatic rings. The number of benzene rings is 1. The van der Waals surface area contributed by atoms with E-state index in [1.165, 1.54) is 0 Å². The number of rotatable bonds is 3. The van der Waals surface area contributed by atoms with Crippen LogP contribution in [0.15, 0.2) is 48.7 Å². The van der Waals surface area contributed by atoms with Crippen molar-refractivity contribution in [3.63, 3.8) is 0 Å². The van der Waals surface area contributed by atoms with Gasteiger partial charge in [-0.15, -0.1) is 0 Å². The molecular formula is C24H29N3O3. The van der Waals surface area contributed by atoms with Crippen LogP contribution in [0, 0.1) is 11.8 Å². The molecule has 0 unspecified atom stereocenters. The monoisotopic (exact) mass is 407 g/mol. The minimum absolute atomic E-state index is 0.142. The number of hydrogen-bond donors (Lipinski definition) is 1. The van der Waals surface area contributed by atoms with Crippen LogP contribution in [0.2, 0.25) is 0 Å². The van der Waals surface area contributed by atoms with Crippen LogP contribution in [-0.4, -0.2) is 46.7 Å². The van der Waals surface area contributed by atoms with E-state index in [1.807, 2.05) is 74.0 Å². The van der Waals surface area contributed by atoms with E-state index >= 15 is 0 Å². The van der Waals surface area contributed by atoms with Crippen molar-refractivity contribution in [1.29, 1.82) is 0 Å². The summed E-state index contributed by atoms with van der Waals surface area (Å²) in [7, 11) is 0. The summed E-state index contributed by atoms with van der Waals surface area (Å²) in [5, 5.41) is 2.87. The van der Waals surface area contributed by atoms with Gasteiger partial charge in [0.15, 0.2) is 0 Å². The molecule has 0 radical (unpaired) electrons. The van der Waals surface area contributed by atoms with Crippen LogP contribution >= 0.6 is 0 Å². The summed E-state index contributed by atoms with van der Waals surface area (Å²) in [4.78, 5) is 26.6. The number of hydrogen-bond acceptors (Lipinski definition) is 3. The number of nitrogens with zero attached hydrogens (tertiary/aromatic N) is 2. The Morgan fingerprint density at radius 2 is 1.80 bits per heavy atom. The predicted octanol–water partition coefficient (Wildman–Crippen LogP) is 3.84. The molecule has 0 spiro atoms. The van der Waals surface area contributed by atoms with Gasteiger partial charge in [0.2, 0.25) is 0 Å². The molecule has 0 bridgehead atoms. The SMILES string of the molecule is CC(C)(C)OC(=O)N1CCC(n2cccc2C(=O)NCC#Cc2ccccc2)CC1. The van der Waals surface area contributed by atoms with Crippen LogP contribution in [0.5, 0.6) is 0 Å². The quantitative estimate of drug-likeness (QED) is 0.787. The summed E-state index contributed by atoms with van der Waals surface area (Å²) in [6, 6.07) is 13.6. The molecule has 1 aliphatic heterocycles. The number of carbonyl (C=O) groups excluding carboxylic acids is 2. The molecule has 158 valence electrons. The third-order valence-electron chi connectivity index (χ3n) is 4.86. The Bertz CT molecular complexity index is 924. The molecule has 3 rings (SSSR count). The molecule has 2 aromatic rings. The summed E-state index contributed by atoms with van der Waals surface area (Å²) in [6.45, 7) is 7.12. The van der Waals surface area contributed by atoms with E-state index in [4.69, 9.17) is 4.74 Å². The second-order valence-electron chi connectivity index (χ2n) is 8.35. The molecule has 1 N–H and O–H groups in total. The third-order valence-corrected chi connectivity index (χ3v) is 4.86. The van der Waals surface area contributed by atoms with Crippen LogP contribution in [-0.2, 0) is 4.74 Å². The summed E-state index contributed by atoms with van der Waals surface area (Å²) in [5.74, 6) is 5.87. The van der Waals surface area contributed by atoms with E-state index < -0.39 is 5.60 Å². The zero-order chi connectivity index (χ0) is 21.6. The van der Waals surface area contributed by atoms with Gasteiger partial charge < -0.3 is 19.5 Å². The molecule has 1 aromatic carbocycles. The molecule has 2 amide bonds. The molecule has 0 atom stereocenters. The van der Waals surface area contributed by atoms with Crippen molar-refractivity contribution < 1.29 is 14.3 Å². The van der Waals surface area contributed by atoms with Crippen LogP contribution in [0.4, 0.5) is 4.79 Å². The standard InChI is InChI=1S/C24H29N3O3/c1-24(2,3)30-23(29)26-17-13-20(14-18-26)27-16-8-12-21(27)22(28)25-15-7-11-19-9-5-4-6-10-19/h4-6,8-10,12,16,20H,13-15,17-18H2,1-3H3,(H,25,28). The zero-order valence-corrected chi connectivity index (χ0v) is 17.9. The van der Waals surface area contributed by atoms with Crippen molar-refractivity contribution in [1.82, 2.24) is 14.8 Å². The molecule has 6 heteroatoms. The molecular weight excluding hydrogens is 378 g/mol. The second kappa shape index (κ2) is 9.53. The fourth-order valence-corrected chi connectivity index (χ4v) is 3.44. The van der Waals surface area contributed by atoms with Gasteiger partial charge in [-0.05, 0) is 57.9 Å². The van der Waals surface area contributed by atoms with E-state index in [9.17, 15) is 9.59 Å². The largest absolute Gasteiger partial charge is 0.444 e. The van der Waals surface area contributed by atoms with Crippen LogP contribution in [0.3, 0.4) is 0 Å². The minimum Gasteiger partial charge on any atom is -0.444 e. The Hall–Kier alpha value is -3.20. The van der Waals surface area contributed by atoms with Crippen LogP contribution in [0.1, 0.15) is 55.7 Å². The Morgan fingerprint density at radius 1 is 1.10 bits per heavy atom. The lowest BCUT2D eigenvalue weighted by Gasteiger charge is -2.34. The van der Waals surface area contributed by atoms with Crippen molar-refractivity contribution in [3.8, 4) is 11.8 Å². The number of carbonyl (C=O) groups is 2. The lowest BCUT2D eigenvalue weighted by molar-refractivity contribution is 0.0187. The van der Waals surface area contributed by atoms with Crippen molar-refractivity contribution in [2.24, 2.45) is 0 Å². The maximum Gasteiger partial charge on any atom is 0.410 e. The van der Waals surface area contributed by atoms with Gasteiger partial charge in [-0.1, -0.05) is 30.0 Å². The molecule has 30 heavy (non-hydrogen) atoms. The highest BCUT2D eigenvalue weighted by Gasteiger charge is 2.28. The Balaban J connectivity index is 1.53. The summed E-state index contributed by atoms with van der Waals surface area (Å²) in [6.07, 6.45) is 3.21. The third kappa shape index (κ3) is 5.90. The fraction of sp³-hybridized carbons (Fsp3) is 0.417. The maximum absolute atomic E-state index is 12.6. The molecule has 1 fully saturated rings. The topological polar surface area (TPSA) is 63.6 Å². The van der Waals surface area contributed by atoms with Crippen molar-refractivity contribution in [2.75, 3.05) is 19.6 Å². The highest BCUT2D eigenvalue weighted by atomic mass is 16.6. The number of piperidine rings is 1. The van der Waals surface area contributed by atoms with Crippen molar-refractivity contribution in [3.05, 3.63) is 59.9 Å². The molecule has 0 aliphatic carbocycles. The maximum atomic E-state index is 12.6. The van der Waals surface area contributed by atoms with Crippen LogP contribution < -0.4 is 5.32 Å². The Labute approximate surface area is 178 Å². The molecule has 0 saturated carbocycles. The molecule has 1 saturated heterocycles. The first-order valence-electron chi connectivity index (χ1n) is 10.3. The van der Waals surface area contributed by atoms with Gasteiger partial charge in [0, 0.05) is 30.9 Å². The lowest BCUT2D eigenvalue weighted by atomic mass is 10.0. The number of ether oxygens (including phenoxy) is 1. The second-order valence-corrected chi connectivity index (χ2v) is 8.35.